The molecule has 1 N–H and O–H groups in total. The summed E-state index contributed by atoms with van der Waals surface area (Å²) in [5.74, 6) is 0.0358. The summed E-state index contributed by atoms with van der Waals surface area (Å²) in [4.78, 5) is 23.3. The third kappa shape index (κ3) is 6.67. The number of carbonyl (C=O) groups excluding carboxylic acids is 2. The summed E-state index contributed by atoms with van der Waals surface area (Å²) in [5.41, 5.74) is 0.900. The van der Waals surface area contributed by atoms with E-state index in [-0.39, 0.29) is 17.4 Å². The lowest BCUT2D eigenvalue weighted by Gasteiger charge is -2.17. The fraction of sp³-hybridized carbons (Fsp3) is 0.556. The Hall–Kier alpha value is -2.09. The van der Waals surface area contributed by atoms with Gasteiger partial charge in [-0.3, -0.25) is 4.79 Å². The monoisotopic (exact) mass is 384 g/mol. The summed E-state index contributed by atoms with van der Waals surface area (Å²) in [6, 6.07) is 6.25. The van der Waals surface area contributed by atoms with Crippen LogP contribution in [0.1, 0.15) is 45.1 Å². The Kier molecular flexibility index (Phi) is 9.12. The van der Waals surface area contributed by atoms with Gasteiger partial charge in [-0.1, -0.05) is 31.9 Å². The van der Waals surface area contributed by atoms with Crippen LogP contribution in [0, 0.1) is 0 Å². The zero-order valence-corrected chi connectivity index (χ0v) is 16.5. The number of ether oxygens (including phenoxy) is 1. The molecule has 2 amide bonds. The van der Waals surface area contributed by atoms with Crippen molar-refractivity contribution in [2.75, 3.05) is 20.2 Å². The molecule has 0 atom stereocenters. The minimum absolute atomic E-state index is 0.0143. The summed E-state index contributed by atoms with van der Waals surface area (Å²) in [5, 5.41) is 2.86. The molecular formula is C18H28N2O5S. The van der Waals surface area contributed by atoms with E-state index in [0.29, 0.717) is 23.7 Å². The van der Waals surface area contributed by atoms with Crippen molar-refractivity contribution in [1.82, 2.24) is 9.62 Å². The fourth-order valence-electron chi connectivity index (χ4n) is 2.27. The topological polar surface area (TPSA) is 92.8 Å². The Bertz CT molecular complexity index is 686. The number of hydrogen-bond donors (Lipinski definition) is 1. The first-order chi connectivity index (χ1) is 12.3. The Morgan fingerprint density at radius 3 is 2.35 bits per heavy atom. The largest absolute Gasteiger partial charge is 0.449 e. The molecule has 0 spiro atoms. The maximum Gasteiger partial charge on any atom is 0.423 e. The number of amides is 2. The number of rotatable bonds is 10. The molecule has 1 aromatic carbocycles. The lowest BCUT2D eigenvalue weighted by Crippen LogP contribution is -2.33. The zero-order chi connectivity index (χ0) is 19.6. The van der Waals surface area contributed by atoms with E-state index in [1.54, 1.807) is 19.1 Å². The molecule has 0 bridgehead atoms. The standard InChI is InChI=1S/C18H28N2O5S/c1-4-6-7-8-17(21)19-14-13-15-9-11-16(12-10-15)26(23,24)20(3)18(22)25-5-2/h9-12H,4-8,13-14H2,1-3H3,(H,19,21). The molecular weight excluding hydrogens is 356 g/mol. The van der Waals surface area contributed by atoms with E-state index in [4.69, 9.17) is 4.74 Å². The number of carbonyl (C=O) groups is 2. The van der Waals surface area contributed by atoms with Gasteiger partial charge in [-0.05, 0) is 37.5 Å². The minimum atomic E-state index is -3.93. The lowest BCUT2D eigenvalue weighted by atomic mass is 10.1. The van der Waals surface area contributed by atoms with Crippen LogP contribution >= 0.6 is 0 Å². The SMILES string of the molecule is CCCCCC(=O)NCCc1ccc(S(=O)(=O)N(C)C(=O)OCC)cc1. The first-order valence-corrected chi connectivity index (χ1v) is 10.3. The van der Waals surface area contributed by atoms with Crippen molar-refractivity contribution in [3.05, 3.63) is 29.8 Å². The second kappa shape index (κ2) is 10.8. The van der Waals surface area contributed by atoms with Crippen LogP contribution in [0.2, 0.25) is 0 Å². The summed E-state index contributed by atoms with van der Waals surface area (Å²) in [7, 11) is -2.77. The van der Waals surface area contributed by atoms with Crippen LogP contribution in [-0.4, -0.2) is 44.9 Å². The van der Waals surface area contributed by atoms with E-state index in [1.807, 2.05) is 0 Å². The molecule has 0 saturated heterocycles. The van der Waals surface area contributed by atoms with Crippen LogP contribution < -0.4 is 5.32 Å². The van der Waals surface area contributed by atoms with E-state index >= 15 is 0 Å². The molecule has 0 aliphatic carbocycles. The van der Waals surface area contributed by atoms with Crippen LogP contribution in [0.25, 0.3) is 0 Å². The third-order valence-electron chi connectivity index (χ3n) is 3.85. The van der Waals surface area contributed by atoms with Gasteiger partial charge in [0.1, 0.15) is 0 Å². The van der Waals surface area contributed by atoms with Gasteiger partial charge in [-0.25, -0.2) is 17.5 Å². The second-order valence-electron chi connectivity index (χ2n) is 5.87. The third-order valence-corrected chi connectivity index (χ3v) is 5.59. The molecule has 0 aliphatic heterocycles. The smallest absolute Gasteiger partial charge is 0.423 e. The molecule has 0 aliphatic rings. The van der Waals surface area contributed by atoms with E-state index in [2.05, 4.69) is 12.2 Å². The Morgan fingerprint density at radius 1 is 1.12 bits per heavy atom. The van der Waals surface area contributed by atoms with Gasteiger partial charge in [-0.15, -0.1) is 0 Å². The summed E-state index contributed by atoms with van der Waals surface area (Å²) >= 11 is 0. The van der Waals surface area contributed by atoms with E-state index in [1.165, 1.54) is 12.1 Å². The molecule has 0 unspecified atom stereocenters. The van der Waals surface area contributed by atoms with Crippen molar-refractivity contribution >= 4 is 22.0 Å². The average molecular weight is 384 g/mol. The summed E-state index contributed by atoms with van der Waals surface area (Å²) in [6.07, 6.45) is 3.24. The number of hydrogen-bond acceptors (Lipinski definition) is 5. The highest BCUT2D eigenvalue weighted by molar-refractivity contribution is 7.89. The summed E-state index contributed by atoms with van der Waals surface area (Å²) < 4.78 is 30.0. The van der Waals surface area contributed by atoms with Crippen LogP contribution in [0.3, 0.4) is 0 Å². The van der Waals surface area contributed by atoms with E-state index in [0.717, 1.165) is 31.9 Å². The highest BCUT2D eigenvalue weighted by Gasteiger charge is 2.26. The fourth-order valence-corrected chi connectivity index (χ4v) is 3.31. The Morgan fingerprint density at radius 2 is 1.77 bits per heavy atom. The summed E-state index contributed by atoms with van der Waals surface area (Å²) in [6.45, 7) is 4.30. The van der Waals surface area contributed by atoms with Crippen molar-refractivity contribution in [3.63, 3.8) is 0 Å². The first kappa shape index (κ1) is 22.0. The molecule has 0 fully saturated rings. The molecule has 1 rings (SSSR count). The van der Waals surface area contributed by atoms with E-state index in [9.17, 15) is 18.0 Å². The molecule has 0 saturated carbocycles. The van der Waals surface area contributed by atoms with Gasteiger partial charge in [0.15, 0.2) is 0 Å². The number of benzene rings is 1. The van der Waals surface area contributed by atoms with E-state index < -0.39 is 16.1 Å². The molecule has 8 heteroatoms. The quantitative estimate of drug-likeness (QED) is 0.626. The highest BCUT2D eigenvalue weighted by Crippen LogP contribution is 2.16. The molecule has 146 valence electrons. The Balaban J connectivity index is 2.57. The van der Waals surface area contributed by atoms with Gasteiger partial charge >= 0.3 is 6.09 Å². The van der Waals surface area contributed by atoms with Crippen molar-refractivity contribution in [2.24, 2.45) is 0 Å². The van der Waals surface area contributed by atoms with Gasteiger partial charge in [0, 0.05) is 20.0 Å². The average Bonchev–Trinajstić information content (AvgIpc) is 2.62. The van der Waals surface area contributed by atoms with Gasteiger partial charge < -0.3 is 10.1 Å². The molecule has 26 heavy (non-hydrogen) atoms. The number of unbranched alkanes of at least 4 members (excludes halogenated alkanes) is 2. The molecule has 0 aromatic heterocycles. The van der Waals surface area contributed by atoms with Crippen LogP contribution in [0.4, 0.5) is 4.79 Å². The number of nitrogens with zero attached hydrogens (tertiary/aromatic N) is 1. The second-order valence-corrected chi connectivity index (χ2v) is 7.84. The van der Waals surface area contributed by atoms with Crippen LogP contribution in [-0.2, 0) is 26.0 Å². The number of nitrogens with one attached hydrogen (secondary N) is 1. The molecule has 0 radical (unpaired) electrons. The maximum absolute atomic E-state index is 12.4. The Labute approximate surface area is 155 Å². The van der Waals surface area contributed by atoms with Crippen LogP contribution in [0.15, 0.2) is 29.2 Å². The first-order valence-electron chi connectivity index (χ1n) is 8.84. The maximum atomic E-state index is 12.4. The molecule has 0 heterocycles. The van der Waals surface area contributed by atoms with Gasteiger partial charge in [-0.2, -0.15) is 0 Å². The predicted octanol–water partition coefficient (Wildman–Crippen LogP) is 2.70. The van der Waals surface area contributed by atoms with Crippen molar-refractivity contribution < 1.29 is 22.7 Å². The zero-order valence-electron chi connectivity index (χ0n) is 15.7. The lowest BCUT2D eigenvalue weighted by molar-refractivity contribution is -0.121. The number of sulfonamides is 1. The van der Waals surface area contributed by atoms with Crippen molar-refractivity contribution in [1.29, 1.82) is 0 Å². The van der Waals surface area contributed by atoms with Crippen molar-refractivity contribution in [2.45, 2.75) is 50.8 Å². The highest BCUT2D eigenvalue weighted by atomic mass is 32.2. The van der Waals surface area contributed by atoms with Crippen molar-refractivity contribution in [3.8, 4) is 0 Å². The van der Waals surface area contributed by atoms with Gasteiger partial charge in [0.2, 0.25) is 5.91 Å². The molecule has 7 nitrogen and oxygen atoms in total. The van der Waals surface area contributed by atoms with Gasteiger partial charge in [0.05, 0.1) is 11.5 Å². The minimum Gasteiger partial charge on any atom is -0.449 e. The van der Waals surface area contributed by atoms with Gasteiger partial charge in [0.25, 0.3) is 10.0 Å². The van der Waals surface area contributed by atoms with Crippen LogP contribution in [0.5, 0.6) is 0 Å². The molecule has 1 aromatic rings. The predicted molar refractivity (Wildman–Crippen MR) is 99.3 cm³/mol. The normalized spacial score (nSPS) is 11.0.